The molecule has 2 aromatic heterocycles. The third-order valence-corrected chi connectivity index (χ3v) is 6.47. The van der Waals surface area contributed by atoms with Gasteiger partial charge in [-0.1, -0.05) is 0 Å². The van der Waals surface area contributed by atoms with Gasteiger partial charge in [0.25, 0.3) is 10.0 Å². The van der Waals surface area contributed by atoms with Crippen LogP contribution in [0.3, 0.4) is 0 Å². The van der Waals surface area contributed by atoms with Crippen molar-refractivity contribution >= 4 is 43.8 Å². The Hall–Kier alpha value is -3.32. The number of amides is 1. The van der Waals surface area contributed by atoms with Gasteiger partial charge in [0.1, 0.15) is 17.4 Å². The van der Waals surface area contributed by atoms with Crippen LogP contribution in [-0.4, -0.2) is 34.0 Å². The summed E-state index contributed by atoms with van der Waals surface area (Å²) in [6.07, 6.45) is 1.49. The average molecular weight is 451 g/mol. The molecule has 0 bridgehead atoms. The van der Waals surface area contributed by atoms with Crippen LogP contribution in [0.1, 0.15) is 24.4 Å². The van der Waals surface area contributed by atoms with Crippen LogP contribution in [0.15, 0.2) is 40.7 Å². The highest BCUT2D eigenvalue weighted by atomic mass is 32.2. The van der Waals surface area contributed by atoms with Crippen LogP contribution in [0.5, 0.6) is 0 Å². The molecule has 3 aromatic rings. The second-order valence-electron chi connectivity index (χ2n) is 6.35. The Morgan fingerprint density at radius 1 is 1.27 bits per heavy atom. The Labute approximate surface area is 176 Å². The van der Waals surface area contributed by atoms with E-state index >= 15 is 0 Å². The number of aryl methyl sites for hydroxylation is 1. The fourth-order valence-electron chi connectivity index (χ4n) is 2.82. The third-order valence-electron chi connectivity index (χ3n) is 4.30. The SMILES string of the molecule is Cc1nn(C(C)C(=O)Nc2ccc(S(=O)(=O)Nc3nccs3)cc2)c(C)c1[N+](=O)[O-]. The number of thiazole rings is 1. The largest absolute Gasteiger partial charge is 0.324 e. The molecule has 158 valence electrons. The summed E-state index contributed by atoms with van der Waals surface area (Å²) in [4.78, 5) is 27.1. The van der Waals surface area contributed by atoms with Gasteiger partial charge in [-0.05, 0) is 45.0 Å². The molecule has 13 heteroatoms. The molecule has 0 aliphatic rings. The van der Waals surface area contributed by atoms with E-state index in [9.17, 15) is 23.3 Å². The van der Waals surface area contributed by atoms with Crippen molar-refractivity contribution in [2.45, 2.75) is 31.7 Å². The first-order valence-electron chi connectivity index (χ1n) is 8.63. The minimum atomic E-state index is -3.80. The Morgan fingerprint density at radius 2 is 1.93 bits per heavy atom. The summed E-state index contributed by atoms with van der Waals surface area (Å²) in [7, 11) is -3.80. The number of nitrogens with one attached hydrogen (secondary N) is 2. The number of benzene rings is 1. The molecule has 0 saturated heterocycles. The minimum absolute atomic E-state index is 0.0120. The zero-order valence-electron chi connectivity index (χ0n) is 16.2. The molecule has 1 aromatic carbocycles. The molecule has 0 spiro atoms. The van der Waals surface area contributed by atoms with Crippen molar-refractivity contribution in [2.24, 2.45) is 0 Å². The van der Waals surface area contributed by atoms with E-state index in [0.29, 0.717) is 5.69 Å². The lowest BCUT2D eigenvalue weighted by atomic mass is 10.2. The van der Waals surface area contributed by atoms with E-state index in [1.54, 1.807) is 12.3 Å². The Balaban J connectivity index is 1.73. The lowest BCUT2D eigenvalue weighted by molar-refractivity contribution is -0.386. The number of sulfonamides is 1. The third kappa shape index (κ3) is 4.31. The van der Waals surface area contributed by atoms with E-state index in [4.69, 9.17) is 0 Å². The van der Waals surface area contributed by atoms with Gasteiger partial charge in [0.05, 0.1) is 9.82 Å². The first kappa shape index (κ1) is 21.4. The zero-order valence-corrected chi connectivity index (χ0v) is 17.8. The molecule has 2 heterocycles. The molecule has 1 unspecified atom stereocenters. The van der Waals surface area contributed by atoms with Crippen LogP contribution in [0, 0.1) is 24.0 Å². The van der Waals surface area contributed by atoms with Gasteiger partial charge < -0.3 is 5.32 Å². The fraction of sp³-hybridized carbons (Fsp3) is 0.235. The van der Waals surface area contributed by atoms with E-state index in [-0.39, 0.29) is 27.1 Å². The predicted octanol–water partition coefficient (Wildman–Crippen LogP) is 2.87. The highest BCUT2D eigenvalue weighted by Gasteiger charge is 2.27. The van der Waals surface area contributed by atoms with Crippen molar-refractivity contribution < 1.29 is 18.1 Å². The highest BCUT2D eigenvalue weighted by Crippen LogP contribution is 2.25. The summed E-state index contributed by atoms with van der Waals surface area (Å²) >= 11 is 1.15. The maximum atomic E-state index is 12.6. The second-order valence-corrected chi connectivity index (χ2v) is 8.93. The number of nitro groups is 1. The van der Waals surface area contributed by atoms with Gasteiger partial charge in [0.15, 0.2) is 5.13 Å². The molecule has 0 radical (unpaired) electrons. The normalized spacial score (nSPS) is 12.4. The van der Waals surface area contributed by atoms with Gasteiger partial charge in [-0.25, -0.2) is 13.4 Å². The van der Waals surface area contributed by atoms with E-state index in [2.05, 4.69) is 20.1 Å². The number of rotatable bonds is 7. The van der Waals surface area contributed by atoms with Crippen LogP contribution >= 0.6 is 11.3 Å². The first-order chi connectivity index (χ1) is 14.1. The van der Waals surface area contributed by atoms with Crippen molar-refractivity contribution in [2.75, 3.05) is 10.0 Å². The smallest absolute Gasteiger partial charge is 0.312 e. The number of nitrogens with zero attached hydrogens (tertiary/aromatic N) is 4. The van der Waals surface area contributed by atoms with E-state index in [0.717, 1.165) is 11.3 Å². The number of hydrogen-bond donors (Lipinski definition) is 2. The van der Waals surface area contributed by atoms with Crippen LogP contribution in [0.4, 0.5) is 16.5 Å². The average Bonchev–Trinajstić information content (AvgIpc) is 3.28. The summed E-state index contributed by atoms with van der Waals surface area (Å²) < 4.78 is 28.4. The maximum absolute atomic E-state index is 12.6. The van der Waals surface area contributed by atoms with E-state index < -0.39 is 26.9 Å². The topological polar surface area (TPSA) is 149 Å². The number of carbonyl (C=O) groups is 1. The Bertz CT molecular complexity index is 1190. The molecular formula is C17H18N6O5S2. The van der Waals surface area contributed by atoms with Crippen LogP contribution in [-0.2, 0) is 14.8 Å². The molecule has 0 saturated carbocycles. The first-order valence-corrected chi connectivity index (χ1v) is 11.0. The van der Waals surface area contributed by atoms with Crippen molar-refractivity contribution in [3.05, 3.63) is 57.3 Å². The molecule has 30 heavy (non-hydrogen) atoms. The lowest BCUT2D eigenvalue weighted by Gasteiger charge is -2.14. The summed E-state index contributed by atoms with van der Waals surface area (Å²) in [6, 6.07) is 4.79. The highest BCUT2D eigenvalue weighted by molar-refractivity contribution is 7.93. The van der Waals surface area contributed by atoms with Gasteiger partial charge in [-0.15, -0.1) is 11.3 Å². The fourth-order valence-corrected chi connectivity index (χ4v) is 4.61. The Morgan fingerprint density at radius 3 is 2.47 bits per heavy atom. The summed E-state index contributed by atoms with van der Waals surface area (Å²) in [6.45, 7) is 4.59. The van der Waals surface area contributed by atoms with Crippen molar-refractivity contribution in [3.8, 4) is 0 Å². The van der Waals surface area contributed by atoms with Crippen molar-refractivity contribution in [3.63, 3.8) is 0 Å². The molecule has 11 nitrogen and oxygen atoms in total. The molecule has 2 N–H and O–H groups in total. The number of anilines is 2. The van der Waals surface area contributed by atoms with Crippen LogP contribution < -0.4 is 10.0 Å². The molecule has 0 aliphatic carbocycles. The quantitative estimate of drug-likeness (QED) is 0.415. The van der Waals surface area contributed by atoms with Gasteiger partial charge in [0.2, 0.25) is 5.91 Å². The molecule has 0 fully saturated rings. The van der Waals surface area contributed by atoms with Crippen LogP contribution in [0.25, 0.3) is 0 Å². The summed E-state index contributed by atoms with van der Waals surface area (Å²) in [5.74, 6) is -0.452. The van der Waals surface area contributed by atoms with Crippen molar-refractivity contribution in [1.29, 1.82) is 0 Å². The standard InChI is InChI=1S/C17H18N6O5S2/c1-10-15(23(25)26)11(2)22(20-10)12(3)16(24)19-13-4-6-14(7-5-13)30(27,28)21-17-18-8-9-29-17/h4-9,12H,1-3H3,(H,18,21)(H,19,24). The van der Waals surface area contributed by atoms with E-state index in [1.807, 2.05) is 0 Å². The van der Waals surface area contributed by atoms with Gasteiger partial charge in [-0.3, -0.25) is 24.3 Å². The number of carbonyl (C=O) groups excluding carboxylic acids is 1. The van der Waals surface area contributed by atoms with Gasteiger partial charge in [0, 0.05) is 17.3 Å². The van der Waals surface area contributed by atoms with E-state index in [1.165, 1.54) is 49.0 Å². The van der Waals surface area contributed by atoms with Gasteiger partial charge in [-0.2, -0.15) is 5.10 Å². The number of hydrogen-bond acceptors (Lipinski definition) is 8. The minimum Gasteiger partial charge on any atom is -0.324 e. The Kier molecular flexibility index (Phi) is 5.85. The van der Waals surface area contributed by atoms with Crippen molar-refractivity contribution in [1.82, 2.24) is 14.8 Å². The molecular weight excluding hydrogens is 432 g/mol. The maximum Gasteiger partial charge on any atom is 0.312 e. The summed E-state index contributed by atoms with van der Waals surface area (Å²) in [5, 5.41) is 19.8. The zero-order chi connectivity index (χ0) is 22.1. The van der Waals surface area contributed by atoms with Crippen LogP contribution in [0.2, 0.25) is 0 Å². The molecule has 1 atom stereocenters. The predicted molar refractivity (Wildman–Crippen MR) is 111 cm³/mol. The van der Waals surface area contributed by atoms with Gasteiger partial charge >= 0.3 is 5.69 Å². The number of aromatic nitrogens is 3. The molecule has 3 rings (SSSR count). The summed E-state index contributed by atoms with van der Waals surface area (Å²) in [5.41, 5.74) is 0.738. The molecule has 0 aliphatic heterocycles. The molecule has 1 amide bonds. The lowest BCUT2D eigenvalue weighted by Crippen LogP contribution is -2.25. The monoisotopic (exact) mass is 450 g/mol. The second kappa shape index (κ2) is 8.20.